The van der Waals surface area contributed by atoms with Crippen molar-refractivity contribution in [3.63, 3.8) is 0 Å². The number of pyridine rings is 1. The third kappa shape index (κ3) is 3.68. The van der Waals surface area contributed by atoms with Crippen LogP contribution >= 0.6 is 0 Å². The van der Waals surface area contributed by atoms with Crippen molar-refractivity contribution in [1.29, 1.82) is 0 Å². The molecule has 1 heterocycles. The maximum atomic E-state index is 5.25. The summed E-state index contributed by atoms with van der Waals surface area (Å²) in [6, 6.07) is 10.4. The number of nitrogens with zero attached hydrogens (tertiary/aromatic N) is 1. The van der Waals surface area contributed by atoms with Gasteiger partial charge in [0.2, 0.25) is 0 Å². The van der Waals surface area contributed by atoms with E-state index in [1.807, 2.05) is 13.0 Å². The molecule has 2 rings (SSSR count). The Hall–Kier alpha value is -1.65. The zero-order valence-electron chi connectivity index (χ0n) is 12.4. The topological polar surface area (TPSA) is 46.2 Å². The second-order valence-electron chi connectivity index (χ2n) is 4.89. The third-order valence-corrected chi connectivity index (χ3v) is 3.34. The first-order valence-electron chi connectivity index (χ1n) is 7.10. The van der Waals surface area contributed by atoms with Gasteiger partial charge in [0.05, 0.1) is 11.6 Å². The Morgan fingerprint density at radius 3 is 2.85 bits per heavy atom. The number of aromatic nitrogens is 1. The molecule has 0 fully saturated rings. The van der Waals surface area contributed by atoms with Crippen LogP contribution in [0.15, 0.2) is 30.3 Å². The fourth-order valence-corrected chi connectivity index (χ4v) is 2.08. The molecule has 0 amide bonds. The molecule has 1 atom stereocenters. The van der Waals surface area contributed by atoms with Crippen LogP contribution in [-0.4, -0.2) is 31.3 Å². The van der Waals surface area contributed by atoms with Crippen molar-refractivity contribution in [2.75, 3.05) is 25.5 Å². The highest BCUT2D eigenvalue weighted by atomic mass is 16.5. The number of hydrogen-bond acceptors (Lipinski definition) is 4. The largest absolute Gasteiger partial charge is 0.380 e. The lowest BCUT2D eigenvalue weighted by molar-refractivity contribution is 0.128. The molecule has 2 aromatic rings. The number of anilines is 1. The average Bonchev–Trinajstić information content (AvgIpc) is 2.50. The third-order valence-electron chi connectivity index (χ3n) is 3.34. The number of methoxy groups -OCH3 is 1. The van der Waals surface area contributed by atoms with E-state index in [9.17, 15) is 0 Å². The highest BCUT2D eigenvalue weighted by Gasteiger charge is 2.06. The van der Waals surface area contributed by atoms with Crippen LogP contribution in [0, 0.1) is 0 Å². The van der Waals surface area contributed by atoms with Gasteiger partial charge in [0.25, 0.3) is 0 Å². The number of ether oxygens (including phenoxy) is 1. The Balaban J connectivity index is 2.26. The molecule has 0 aliphatic rings. The van der Waals surface area contributed by atoms with Crippen LogP contribution in [0.2, 0.25) is 0 Å². The zero-order chi connectivity index (χ0) is 14.4. The van der Waals surface area contributed by atoms with Crippen molar-refractivity contribution in [3.05, 3.63) is 35.9 Å². The molecule has 0 saturated heterocycles. The van der Waals surface area contributed by atoms with Crippen LogP contribution in [0.25, 0.3) is 10.9 Å². The molecule has 4 nitrogen and oxygen atoms in total. The van der Waals surface area contributed by atoms with E-state index in [-0.39, 0.29) is 6.10 Å². The van der Waals surface area contributed by atoms with Crippen molar-refractivity contribution < 1.29 is 4.74 Å². The van der Waals surface area contributed by atoms with Crippen LogP contribution in [0.5, 0.6) is 0 Å². The van der Waals surface area contributed by atoms with E-state index >= 15 is 0 Å². The highest BCUT2D eigenvalue weighted by molar-refractivity contribution is 5.84. The van der Waals surface area contributed by atoms with Crippen LogP contribution in [0.3, 0.4) is 0 Å². The summed E-state index contributed by atoms with van der Waals surface area (Å²) in [5.74, 6) is 0.903. The normalized spacial score (nSPS) is 12.6. The first kappa shape index (κ1) is 14.8. The molecule has 0 bridgehead atoms. The Kier molecular flexibility index (Phi) is 5.32. The summed E-state index contributed by atoms with van der Waals surface area (Å²) >= 11 is 0. The second-order valence-corrected chi connectivity index (χ2v) is 4.89. The van der Waals surface area contributed by atoms with E-state index in [0.717, 1.165) is 31.0 Å². The van der Waals surface area contributed by atoms with Gasteiger partial charge in [-0.25, -0.2) is 4.98 Å². The molecule has 0 radical (unpaired) electrons. The minimum atomic E-state index is 0.167. The monoisotopic (exact) mass is 273 g/mol. The van der Waals surface area contributed by atoms with Crippen molar-refractivity contribution in [2.45, 2.75) is 26.5 Å². The zero-order valence-corrected chi connectivity index (χ0v) is 12.4. The Labute approximate surface area is 120 Å². The van der Waals surface area contributed by atoms with Crippen molar-refractivity contribution in [3.8, 4) is 0 Å². The van der Waals surface area contributed by atoms with Gasteiger partial charge in [-0.3, -0.25) is 0 Å². The molecule has 2 N–H and O–H groups in total. The molecular formula is C16H23N3O. The summed E-state index contributed by atoms with van der Waals surface area (Å²) in [7, 11) is 1.72. The smallest absolute Gasteiger partial charge is 0.127 e. The Morgan fingerprint density at radius 1 is 1.30 bits per heavy atom. The summed E-state index contributed by atoms with van der Waals surface area (Å²) in [5.41, 5.74) is 2.29. The average molecular weight is 273 g/mol. The summed E-state index contributed by atoms with van der Waals surface area (Å²) < 4.78 is 5.25. The Morgan fingerprint density at radius 2 is 2.10 bits per heavy atom. The molecule has 0 saturated carbocycles. The standard InChI is InChI=1S/C16H23N3O/c1-4-17-11-13-9-16(18-10-12(2)20-3)19-15-8-6-5-7-14(13)15/h5-9,12,17H,4,10-11H2,1-3H3,(H,18,19). The van der Waals surface area contributed by atoms with Crippen molar-refractivity contribution >= 4 is 16.7 Å². The molecule has 4 heteroatoms. The number of benzene rings is 1. The molecule has 20 heavy (non-hydrogen) atoms. The first-order valence-corrected chi connectivity index (χ1v) is 7.10. The van der Waals surface area contributed by atoms with Gasteiger partial charge in [-0.1, -0.05) is 25.1 Å². The van der Waals surface area contributed by atoms with E-state index in [1.165, 1.54) is 10.9 Å². The van der Waals surface area contributed by atoms with Crippen LogP contribution in [0.1, 0.15) is 19.4 Å². The minimum absolute atomic E-state index is 0.167. The number of rotatable bonds is 7. The van der Waals surface area contributed by atoms with Gasteiger partial charge in [0.15, 0.2) is 0 Å². The van der Waals surface area contributed by atoms with E-state index in [0.29, 0.717) is 0 Å². The predicted octanol–water partition coefficient (Wildman–Crippen LogP) is 2.79. The molecule has 1 aromatic carbocycles. The molecule has 108 valence electrons. The lowest BCUT2D eigenvalue weighted by Gasteiger charge is -2.14. The maximum Gasteiger partial charge on any atom is 0.127 e. The van der Waals surface area contributed by atoms with Crippen molar-refractivity contribution in [2.24, 2.45) is 0 Å². The predicted molar refractivity (Wildman–Crippen MR) is 84.1 cm³/mol. The second kappa shape index (κ2) is 7.22. The van der Waals surface area contributed by atoms with Crippen molar-refractivity contribution in [1.82, 2.24) is 10.3 Å². The summed E-state index contributed by atoms with van der Waals surface area (Å²) in [5, 5.41) is 7.93. The summed E-state index contributed by atoms with van der Waals surface area (Å²) in [4.78, 5) is 4.66. The molecule has 1 aromatic heterocycles. The van der Waals surface area contributed by atoms with Gasteiger partial charge in [0.1, 0.15) is 5.82 Å². The lowest BCUT2D eigenvalue weighted by atomic mass is 10.1. The number of nitrogens with one attached hydrogen (secondary N) is 2. The van der Waals surface area contributed by atoms with Crippen LogP contribution in [-0.2, 0) is 11.3 Å². The Bertz CT molecular complexity index is 556. The SMILES string of the molecule is CCNCc1cc(NCC(C)OC)nc2ccccc12. The van der Waals surface area contributed by atoms with Crippen LogP contribution < -0.4 is 10.6 Å². The van der Waals surface area contributed by atoms with Crippen LogP contribution in [0.4, 0.5) is 5.82 Å². The maximum absolute atomic E-state index is 5.25. The lowest BCUT2D eigenvalue weighted by Crippen LogP contribution is -2.19. The first-order chi connectivity index (χ1) is 9.74. The molecular weight excluding hydrogens is 250 g/mol. The van der Waals surface area contributed by atoms with Gasteiger partial charge in [-0.05, 0) is 31.2 Å². The summed E-state index contributed by atoms with van der Waals surface area (Å²) in [6.45, 7) is 6.72. The van der Waals surface area contributed by atoms with E-state index in [4.69, 9.17) is 4.74 Å². The number of hydrogen-bond donors (Lipinski definition) is 2. The van der Waals surface area contributed by atoms with Gasteiger partial charge in [-0.2, -0.15) is 0 Å². The van der Waals surface area contributed by atoms with Gasteiger partial charge >= 0.3 is 0 Å². The quantitative estimate of drug-likeness (QED) is 0.814. The summed E-state index contributed by atoms with van der Waals surface area (Å²) in [6.07, 6.45) is 0.167. The fourth-order valence-electron chi connectivity index (χ4n) is 2.08. The van der Waals surface area contributed by atoms with E-state index in [2.05, 4.69) is 46.8 Å². The molecule has 0 spiro atoms. The van der Waals surface area contributed by atoms with E-state index in [1.54, 1.807) is 7.11 Å². The van der Waals surface area contributed by atoms with Gasteiger partial charge in [-0.15, -0.1) is 0 Å². The molecule has 1 unspecified atom stereocenters. The van der Waals surface area contributed by atoms with Gasteiger partial charge in [0, 0.05) is 25.6 Å². The molecule has 0 aliphatic carbocycles. The minimum Gasteiger partial charge on any atom is -0.380 e. The van der Waals surface area contributed by atoms with Gasteiger partial charge < -0.3 is 15.4 Å². The fraction of sp³-hybridized carbons (Fsp3) is 0.438. The number of fused-ring (bicyclic) bond motifs is 1. The molecule has 0 aliphatic heterocycles. The van der Waals surface area contributed by atoms with E-state index < -0.39 is 0 Å². The number of para-hydroxylation sites is 1. The highest BCUT2D eigenvalue weighted by Crippen LogP contribution is 2.20.